The highest BCUT2D eigenvalue weighted by Gasteiger charge is 2.16. The lowest BCUT2D eigenvalue weighted by Crippen LogP contribution is -2.27. The fourth-order valence-corrected chi connectivity index (χ4v) is 2.56. The van der Waals surface area contributed by atoms with Gasteiger partial charge in [0.15, 0.2) is 0 Å². The highest BCUT2D eigenvalue weighted by Crippen LogP contribution is 2.25. The molecule has 1 amide bonds. The van der Waals surface area contributed by atoms with Crippen LogP contribution in [0.4, 0.5) is 0 Å². The molecule has 1 atom stereocenters. The van der Waals surface area contributed by atoms with Gasteiger partial charge in [0.2, 0.25) is 5.91 Å². The van der Waals surface area contributed by atoms with Crippen molar-refractivity contribution in [2.45, 2.75) is 6.04 Å². The number of hydrogen-bond donors (Lipinski definition) is 2. The summed E-state index contributed by atoms with van der Waals surface area (Å²) in [7, 11) is 0. The first-order valence-corrected chi connectivity index (χ1v) is 6.84. The molecular formula is C15H13NO3S. The zero-order chi connectivity index (χ0) is 14.4. The molecule has 1 aromatic carbocycles. The second-order valence-electron chi connectivity index (χ2n) is 4.04. The van der Waals surface area contributed by atoms with Gasteiger partial charge >= 0.3 is 5.97 Å². The predicted octanol–water partition coefficient (Wildman–Crippen LogP) is 2.59. The van der Waals surface area contributed by atoms with Crippen LogP contribution in [0.5, 0.6) is 0 Å². The third kappa shape index (κ3) is 3.80. The van der Waals surface area contributed by atoms with Crippen LogP contribution in [0.1, 0.15) is 16.5 Å². The number of amides is 1. The van der Waals surface area contributed by atoms with Crippen LogP contribution in [0, 0.1) is 0 Å². The third-order valence-electron chi connectivity index (χ3n) is 2.62. The molecule has 102 valence electrons. The van der Waals surface area contributed by atoms with E-state index < -0.39 is 11.9 Å². The van der Waals surface area contributed by atoms with E-state index in [0.717, 1.165) is 22.6 Å². The van der Waals surface area contributed by atoms with Crippen LogP contribution in [0.25, 0.3) is 0 Å². The number of carboxylic acids is 1. The molecule has 2 rings (SSSR count). The summed E-state index contributed by atoms with van der Waals surface area (Å²) < 4.78 is 0. The van der Waals surface area contributed by atoms with Crippen molar-refractivity contribution in [2.24, 2.45) is 0 Å². The van der Waals surface area contributed by atoms with Gasteiger partial charge in [-0.05, 0) is 17.0 Å². The van der Waals surface area contributed by atoms with Crippen LogP contribution in [0.15, 0.2) is 60.0 Å². The third-order valence-corrected chi connectivity index (χ3v) is 3.56. The maximum Gasteiger partial charge on any atom is 0.328 e. The predicted molar refractivity (Wildman–Crippen MR) is 77.5 cm³/mol. The molecule has 1 heterocycles. The first-order valence-electron chi connectivity index (χ1n) is 5.96. The molecule has 5 heteroatoms. The SMILES string of the molecule is O=C(O)/C=C/C(=O)NC(c1ccccc1)c1cccs1. The number of nitrogens with one attached hydrogen (secondary N) is 1. The van der Waals surface area contributed by atoms with E-state index in [1.165, 1.54) is 11.3 Å². The van der Waals surface area contributed by atoms with E-state index in [1.807, 2.05) is 47.8 Å². The monoisotopic (exact) mass is 287 g/mol. The average Bonchev–Trinajstić information content (AvgIpc) is 2.97. The summed E-state index contributed by atoms with van der Waals surface area (Å²) in [4.78, 5) is 23.2. The van der Waals surface area contributed by atoms with Crippen molar-refractivity contribution in [1.82, 2.24) is 5.32 Å². The van der Waals surface area contributed by atoms with E-state index in [-0.39, 0.29) is 6.04 Å². The van der Waals surface area contributed by atoms with E-state index in [0.29, 0.717) is 0 Å². The molecule has 1 aromatic heterocycles. The number of rotatable bonds is 5. The van der Waals surface area contributed by atoms with Gasteiger partial charge in [0.25, 0.3) is 0 Å². The number of carbonyl (C=O) groups excluding carboxylic acids is 1. The Morgan fingerprint density at radius 2 is 1.85 bits per heavy atom. The number of thiophene rings is 1. The number of carbonyl (C=O) groups is 2. The van der Waals surface area contributed by atoms with Gasteiger partial charge in [0.05, 0.1) is 6.04 Å². The van der Waals surface area contributed by atoms with Crippen LogP contribution in [-0.4, -0.2) is 17.0 Å². The molecular weight excluding hydrogens is 274 g/mol. The van der Waals surface area contributed by atoms with Crippen molar-refractivity contribution in [3.63, 3.8) is 0 Å². The minimum absolute atomic E-state index is 0.276. The molecule has 1 unspecified atom stereocenters. The lowest BCUT2D eigenvalue weighted by molar-refractivity contribution is -0.131. The van der Waals surface area contributed by atoms with Gasteiger partial charge in [-0.1, -0.05) is 36.4 Å². The molecule has 0 aliphatic heterocycles. The minimum Gasteiger partial charge on any atom is -0.478 e. The Morgan fingerprint density at radius 1 is 1.10 bits per heavy atom. The Hall–Kier alpha value is -2.40. The maximum absolute atomic E-state index is 11.8. The van der Waals surface area contributed by atoms with Crippen LogP contribution in [0.2, 0.25) is 0 Å². The molecule has 0 saturated carbocycles. The van der Waals surface area contributed by atoms with Crippen molar-refractivity contribution in [2.75, 3.05) is 0 Å². The quantitative estimate of drug-likeness (QED) is 0.831. The van der Waals surface area contributed by atoms with E-state index in [2.05, 4.69) is 5.32 Å². The minimum atomic E-state index is -1.15. The van der Waals surface area contributed by atoms with Crippen LogP contribution >= 0.6 is 11.3 Å². The largest absolute Gasteiger partial charge is 0.478 e. The van der Waals surface area contributed by atoms with Crippen molar-refractivity contribution in [3.8, 4) is 0 Å². The standard InChI is InChI=1S/C15H13NO3S/c17-13(8-9-14(18)19)16-15(12-7-4-10-20-12)11-5-2-1-3-6-11/h1-10,15H,(H,16,17)(H,18,19)/b9-8+. The van der Waals surface area contributed by atoms with Crippen molar-refractivity contribution in [3.05, 3.63) is 70.4 Å². The van der Waals surface area contributed by atoms with Crippen molar-refractivity contribution < 1.29 is 14.7 Å². The van der Waals surface area contributed by atoms with E-state index in [4.69, 9.17) is 5.11 Å². The Bertz CT molecular complexity index is 605. The molecule has 0 saturated heterocycles. The Labute approximate surface area is 120 Å². The maximum atomic E-state index is 11.8. The Morgan fingerprint density at radius 3 is 2.45 bits per heavy atom. The van der Waals surface area contributed by atoms with Gasteiger partial charge in [-0.25, -0.2) is 4.79 Å². The normalized spacial score (nSPS) is 12.2. The molecule has 4 nitrogen and oxygen atoms in total. The molecule has 0 aliphatic carbocycles. The highest BCUT2D eigenvalue weighted by molar-refractivity contribution is 7.10. The summed E-state index contributed by atoms with van der Waals surface area (Å²) in [5.41, 5.74) is 0.951. The van der Waals surface area contributed by atoms with E-state index in [1.54, 1.807) is 0 Å². The zero-order valence-electron chi connectivity index (χ0n) is 10.5. The first-order chi connectivity index (χ1) is 9.66. The van der Waals surface area contributed by atoms with Gasteiger partial charge in [-0.3, -0.25) is 4.79 Å². The van der Waals surface area contributed by atoms with Gasteiger partial charge in [-0.15, -0.1) is 11.3 Å². The molecule has 2 aromatic rings. The summed E-state index contributed by atoms with van der Waals surface area (Å²) in [6.45, 7) is 0. The molecule has 0 radical (unpaired) electrons. The fourth-order valence-electron chi connectivity index (χ4n) is 1.76. The summed E-state index contributed by atoms with van der Waals surface area (Å²) in [6.07, 6.45) is 1.84. The Balaban J connectivity index is 2.21. The second-order valence-corrected chi connectivity index (χ2v) is 5.02. The van der Waals surface area contributed by atoms with Crippen LogP contribution in [0.3, 0.4) is 0 Å². The number of carboxylic acid groups (broad SMARTS) is 1. The van der Waals surface area contributed by atoms with Gasteiger partial charge in [0, 0.05) is 17.0 Å². The lowest BCUT2D eigenvalue weighted by Gasteiger charge is -2.16. The average molecular weight is 287 g/mol. The molecule has 20 heavy (non-hydrogen) atoms. The summed E-state index contributed by atoms with van der Waals surface area (Å²) in [5.74, 6) is -1.58. The topological polar surface area (TPSA) is 66.4 Å². The number of benzene rings is 1. The van der Waals surface area contributed by atoms with Gasteiger partial charge < -0.3 is 10.4 Å². The molecule has 0 spiro atoms. The highest BCUT2D eigenvalue weighted by atomic mass is 32.1. The smallest absolute Gasteiger partial charge is 0.328 e. The molecule has 2 N–H and O–H groups in total. The van der Waals surface area contributed by atoms with Crippen molar-refractivity contribution >= 4 is 23.2 Å². The fraction of sp³-hybridized carbons (Fsp3) is 0.0667. The van der Waals surface area contributed by atoms with Crippen molar-refractivity contribution in [1.29, 1.82) is 0 Å². The number of aliphatic carboxylic acids is 1. The summed E-state index contributed by atoms with van der Waals surface area (Å²) >= 11 is 1.54. The zero-order valence-corrected chi connectivity index (χ0v) is 11.3. The van der Waals surface area contributed by atoms with Crippen LogP contribution in [-0.2, 0) is 9.59 Å². The van der Waals surface area contributed by atoms with E-state index >= 15 is 0 Å². The first kappa shape index (κ1) is 14.0. The van der Waals surface area contributed by atoms with Gasteiger partial charge in [0.1, 0.15) is 0 Å². The summed E-state index contributed by atoms with van der Waals surface area (Å²) in [5, 5.41) is 13.3. The van der Waals surface area contributed by atoms with Crippen LogP contribution < -0.4 is 5.32 Å². The summed E-state index contributed by atoms with van der Waals surface area (Å²) in [6, 6.07) is 13.1. The number of hydrogen-bond acceptors (Lipinski definition) is 3. The molecule has 0 fully saturated rings. The Kier molecular flexibility index (Phi) is 4.68. The van der Waals surface area contributed by atoms with Gasteiger partial charge in [-0.2, -0.15) is 0 Å². The second kappa shape index (κ2) is 6.68. The lowest BCUT2D eigenvalue weighted by atomic mass is 10.1. The van der Waals surface area contributed by atoms with E-state index in [9.17, 15) is 9.59 Å². The molecule has 0 aliphatic rings. The molecule has 0 bridgehead atoms.